The number of hydrogen-bond acceptors (Lipinski definition) is 6. The molecule has 0 aromatic carbocycles. The average Bonchev–Trinajstić information content (AvgIpc) is 3.35. The molecule has 0 saturated heterocycles. The van der Waals surface area contributed by atoms with Gasteiger partial charge < -0.3 is 14.2 Å². The number of allylic oxidation sites excluding steroid dienone is 12. The van der Waals surface area contributed by atoms with Gasteiger partial charge in [0.1, 0.15) is 13.2 Å². The van der Waals surface area contributed by atoms with Crippen molar-refractivity contribution >= 4 is 17.9 Å². The molecule has 0 amide bonds. The van der Waals surface area contributed by atoms with Crippen molar-refractivity contribution in [2.45, 2.75) is 297 Å². The summed E-state index contributed by atoms with van der Waals surface area (Å²) in [7, 11) is 0. The second-order valence-corrected chi connectivity index (χ2v) is 19.5. The number of unbranched alkanes of at least 4 members (excludes halogenated alkanes) is 31. The topological polar surface area (TPSA) is 78.9 Å². The van der Waals surface area contributed by atoms with Crippen LogP contribution in [0.25, 0.3) is 0 Å². The minimum absolute atomic E-state index is 0.0886. The van der Waals surface area contributed by atoms with Gasteiger partial charge in [-0.15, -0.1) is 0 Å². The Bertz CT molecular complexity index is 1290. The van der Waals surface area contributed by atoms with E-state index in [2.05, 4.69) is 93.7 Å². The Hall–Kier alpha value is -3.15. The van der Waals surface area contributed by atoms with Crippen molar-refractivity contribution in [1.29, 1.82) is 0 Å². The van der Waals surface area contributed by atoms with Crippen molar-refractivity contribution in [2.24, 2.45) is 0 Å². The van der Waals surface area contributed by atoms with Crippen molar-refractivity contribution < 1.29 is 28.6 Å². The van der Waals surface area contributed by atoms with E-state index < -0.39 is 6.10 Å². The smallest absolute Gasteiger partial charge is 0.306 e. The summed E-state index contributed by atoms with van der Waals surface area (Å²) in [4.78, 5) is 38.2. The molecule has 0 aromatic rings. The number of hydrogen-bond donors (Lipinski definition) is 0. The lowest BCUT2D eigenvalue weighted by Gasteiger charge is -2.18. The van der Waals surface area contributed by atoms with Crippen molar-refractivity contribution in [1.82, 2.24) is 0 Å². The van der Waals surface area contributed by atoms with Gasteiger partial charge in [0.05, 0.1) is 0 Å². The van der Waals surface area contributed by atoms with E-state index in [9.17, 15) is 14.4 Å². The van der Waals surface area contributed by atoms with Crippen LogP contribution < -0.4 is 0 Å². The zero-order valence-electron chi connectivity index (χ0n) is 45.6. The van der Waals surface area contributed by atoms with Crippen molar-refractivity contribution in [3.8, 4) is 0 Å². The maximum atomic E-state index is 12.9. The molecule has 1 atom stereocenters. The van der Waals surface area contributed by atoms with Crippen LogP contribution in [-0.2, 0) is 28.6 Å². The third-order valence-corrected chi connectivity index (χ3v) is 12.7. The first kappa shape index (κ1) is 65.8. The molecule has 0 saturated carbocycles. The van der Waals surface area contributed by atoms with Crippen LogP contribution in [0.2, 0.25) is 0 Å². The van der Waals surface area contributed by atoms with Gasteiger partial charge in [0.15, 0.2) is 6.10 Å². The Morgan fingerprint density at radius 3 is 0.986 bits per heavy atom. The lowest BCUT2D eigenvalue weighted by atomic mass is 10.1. The zero-order chi connectivity index (χ0) is 50.0. The van der Waals surface area contributed by atoms with E-state index in [0.29, 0.717) is 19.3 Å². The van der Waals surface area contributed by atoms with E-state index in [1.165, 1.54) is 148 Å². The van der Waals surface area contributed by atoms with Gasteiger partial charge >= 0.3 is 17.9 Å². The summed E-state index contributed by atoms with van der Waals surface area (Å²) in [5.74, 6) is -0.910. The molecule has 0 aliphatic rings. The second kappa shape index (κ2) is 57.4. The number of carbonyl (C=O) groups is 3. The molecule has 0 bridgehead atoms. The Morgan fingerprint density at radius 1 is 0.319 bits per heavy atom. The van der Waals surface area contributed by atoms with E-state index in [1.807, 2.05) is 0 Å². The first-order valence-electron chi connectivity index (χ1n) is 29.5. The van der Waals surface area contributed by atoms with Gasteiger partial charge in [-0.3, -0.25) is 14.4 Å². The summed E-state index contributed by atoms with van der Waals surface area (Å²) < 4.78 is 16.9. The zero-order valence-corrected chi connectivity index (χ0v) is 45.6. The molecule has 398 valence electrons. The Labute approximate surface area is 427 Å². The molecule has 0 spiro atoms. The van der Waals surface area contributed by atoms with Gasteiger partial charge in [-0.05, 0) is 103 Å². The molecule has 0 radical (unpaired) electrons. The maximum absolute atomic E-state index is 12.9. The monoisotopic (exact) mass is 963 g/mol. The summed E-state index contributed by atoms with van der Waals surface area (Å²) >= 11 is 0. The molecular weight excluding hydrogens is 853 g/mol. The van der Waals surface area contributed by atoms with Gasteiger partial charge in [-0.1, -0.05) is 241 Å². The lowest BCUT2D eigenvalue weighted by Crippen LogP contribution is -2.30. The lowest BCUT2D eigenvalue weighted by molar-refractivity contribution is -0.167. The van der Waals surface area contributed by atoms with Crippen LogP contribution in [0.1, 0.15) is 290 Å². The molecule has 0 N–H and O–H groups in total. The van der Waals surface area contributed by atoms with E-state index in [-0.39, 0.29) is 31.1 Å². The minimum Gasteiger partial charge on any atom is -0.462 e. The number of carbonyl (C=O) groups excluding carboxylic acids is 3. The quantitative estimate of drug-likeness (QED) is 0.0199. The van der Waals surface area contributed by atoms with Crippen molar-refractivity contribution in [3.63, 3.8) is 0 Å². The van der Waals surface area contributed by atoms with E-state index in [4.69, 9.17) is 14.2 Å². The van der Waals surface area contributed by atoms with Crippen molar-refractivity contribution in [3.05, 3.63) is 72.9 Å². The van der Waals surface area contributed by atoms with Crippen LogP contribution >= 0.6 is 0 Å². The molecule has 1 unspecified atom stereocenters. The normalized spacial score (nSPS) is 12.6. The average molecular weight is 964 g/mol. The first-order valence-corrected chi connectivity index (χ1v) is 29.5. The van der Waals surface area contributed by atoms with Crippen LogP contribution in [0.5, 0.6) is 0 Å². The summed E-state index contributed by atoms with van der Waals surface area (Å²) in [6, 6.07) is 0. The van der Waals surface area contributed by atoms with Crippen LogP contribution in [0.4, 0.5) is 0 Å². The Balaban J connectivity index is 4.43. The van der Waals surface area contributed by atoms with E-state index in [0.717, 1.165) is 103 Å². The van der Waals surface area contributed by atoms with Crippen LogP contribution in [0, 0.1) is 0 Å². The third-order valence-electron chi connectivity index (χ3n) is 12.7. The highest BCUT2D eigenvalue weighted by Crippen LogP contribution is 2.15. The number of rotatable bonds is 53. The summed E-state index contributed by atoms with van der Waals surface area (Å²) in [6.45, 7) is 6.52. The standard InChI is InChI=1S/C63H110O6/c1-4-7-10-13-16-19-22-25-28-31-33-35-38-41-44-47-50-53-56-62(65)68-59-60(58-67-61(64)55-52-49-46-43-40-37-34-30-27-24-21-18-15-12-9-6-3)69-63(66)57-54-51-48-45-42-39-36-32-29-26-23-20-17-14-11-8-5-2/h9,12,18,21,26-31,33,35,60H,4-8,10-11,13-17,19-20,22-25,32,34,36-59H2,1-3H3/b12-9-,21-18-,29-26-,30-27-,31-28-,35-33-. The molecule has 0 aliphatic carbocycles. The highest BCUT2D eigenvalue weighted by atomic mass is 16.6. The molecule has 6 heteroatoms. The highest BCUT2D eigenvalue weighted by Gasteiger charge is 2.19. The third kappa shape index (κ3) is 55.6. The SMILES string of the molecule is CC/C=C\C/C=C\C/C=C\CCCCCCCCC(=O)OCC(COC(=O)CCCCCCC/C=C\C=C/CCCCCCCCC)OC(=O)CCCCCCCCC/C=C\CCCCCCCC. The van der Waals surface area contributed by atoms with Gasteiger partial charge in [-0.2, -0.15) is 0 Å². The molecule has 0 aliphatic heterocycles. The Kier molecular flexibility index (Phi) is 54.8. The predicted molar refractivity (Wildman–Crippen MR) is 298 cm³/mol. The fourth-order valence-electron chi connectivity index (χ4n) is 8.27. The van der Waals surface area contributed by atoms with Gasteiger partial charge in [-0.25, -0.2) is 0 Å². The van der Waals surface area contributed by atoms with E-state index in [1.54, 1.807) is 0 Å². The fraction of sp³-hybridized carbons (Fsp3) is 0.762. The molecule has 0 heterocycles. The van der Waals surface area contributed by atoms with Crippen LogP contribution in [0.15, 0.2) is 72.9 Å². The minimum atomic E-state index is -0.790. The number of ether oxygens (including phenoxy) is 3. The highest BCUT2D eigenvalue weighted by molar-refractivity contribution is 5.71. The molecule has 0 rings (SSSR count). The summed E-state index contributed by atoms with van der Waals surface area (Å²) in [6.07, 6.45) is 73.2. The molecule has 0 fully saturated rings. The summed E-state index contributed by atoms with van der Waals surface area (Å²) in [5, 5.41) is 0. The fourth-order valence-corrected chi connectivity index (χ4v) is 8.27. The van der Waals surface area contributed by atoms with Crippen molar-refractivity contribution in [2.75, 3.05) is 13.2 Å². The first-order chi connectivity index (χ1) is 34.0. The molecular formula is C63H110O6. The van der Waals surface area contributed by atoms with E-state index >= 15 is 0 Å². The van der Waals surface area contributed by atoms with Gasteiger partial charge in [0.2, 0.25) is 0 Å². The van der Waals surface area contributed by atoms with Crippen LogP contribution in [-0.4, -0.2) is 37.2 Å². The van der Waals surface area contributed by atoms with Gasteiger partial charge in [0.25, 0.3) is 0 Å². The maximum Gasteiger partial charge on any atom is 0.306 e. The second-order valence-electron chi connectivity index (χ2n) is 19.5. The van der Waals surface area contributed by atoms with Crippen LogP contribution in [0.3, 0.4) is 0 Å². The number of esters is 3. The van der Waals surface area contributed by atoms with Gasteiger partial charge in [0, 0.05) is 19.3 Å². The summed E-state index contributed by atoms with van der Waals surface area (Å²) in [5.41, 5.74) is 0. The Morgan fingerprint density at radius 2 is 0.609 bits per heavy atom. The largest absolute Gasteiger partial charge is 0.462 e. The molecule has 6 nitrogen and oxygen atoms in total. The predicted octanol–water partition coefficient (Wildman–Crippen LogP) is 19.8. The molecule has 69 heavy (non-hydrogen) atoms. The molecule has 0 aromatic heterocycles.